The molecule has 0 radical (unpaired) electrons. The van der Waals surface area contributed by atoms with Gasteiger partial charge in [-0.15, -0.1) is 0 Å². The van der Waals surface area contributed by atoms with Gasteiger partial charge in [0.2, 0.25) is 0 Å². The van der Waals surface area contributed by atoms with Crippen molar-refractivity contribution in [3.8, 4) is 17.2 Å². The molecule has 0 aliphatic rings. The number of aromatic nitrogens is 2. The Kier molecular flexibility index (Phi) is 4.69. The van der Waals surface area contributed by atoms with Gasteiger partial charge in [-0.1, -0.05) is 23.4 Å². The average Bonchev–Trinajstić information content (AvgIpc) is 2.61. The molecule has 2 aromatic carbocycles. The van der Waals surface area contributed by atoms with Crippen LogP contribution in [-0.4, -0.2) is 30.0 Å². The van der Waals surface area contributed by atoms with Crippen molar-refractivity contribution in [2.24, 2.45) is 0 Å². The third kappa shape index (κ3) is 2.83. The molecule has 5 nitrogen and oxygen atoms in total. The highest BCUT2D eigenvalue weighted by Crippen LogP contribution is 2.31. The number of ether oxygens (including phenoxy) is 2. The fourth-order valence-electron chi connectivity index (χ4n) is 2.45. The van der Waals surface area contributed by atoms with Crippen LogP contribution in [0.3, 0.4) is 0 Å². The number of benzene rings is 2. The summed E-state index contributed by atoms with van der Waals surface area (Å²) < 4.78 is 12.1. The number of rotatable bonds is 4. The molecular weight excluding hydrogens is 348 g/mol. The van der Waals surface area contributed by atoms with Crippen LogP contribution in [0.15, 0.2) is 46.3 Å². The Morgan fingerprint density at radius 1 is 1.08 bits per heavy atom. The third-order valence-corrected chi connectivity index (χ3v) is 4.50. The summed E-state index contributed by atoms with van der Waals surface area (Å²) in [6.07, 6.45) is 1.88. The highest BCUT2D eigenvalue weighted by atomic mass is 35.5. The van der Waals surface area contributed by atoms with Gasteiger partial charge in [0, 0.05) is 11.1 Å². The Hall–Kier alpha value is -2.18. The van der Waals surface area contributed by atoms with Crippen LogP contribution >= 0.6 is 23.4 Å². The summed E-state index contributed by atoms with van der Waals surface area (Å²) in [5.41, 5.74) is 1.10. The lowest BCUT2D eigenvalue weighted by Crippen LogP contribution is -2.21. The van der Waals surface area contributed by atoms with Crippen molar-refractivity contribution in [2.45, 2.75) is 5.16 Å². The Balaban J connectivity index is 2.35. The van der Waals surface area contributed by atoms with Crippen molar-refractivity contribution in [2.75, 3.05) is 20.5 Å². The van der Waals surface area contributed by atoms with E-state index in [1.165, 1.54) is 18.9 Å². The number of hydrogen-bond donors (Lipinski definition) is 0. The van der Waals surface area contributed by atoms with Crippen LogP contribution < -0.4 is 15.0 Å². The number of halogens is 1. The Bertz CT molecular complexity index is 955. The molecule has 0 saturated carbocycles. The summed E-state index contributed by atoms with van der Waals surface area (Å²) in [5, 5.41) is 1.65. The van der Waals surface area contributed by atoms with Gasteiger partial charge in [0.1, 0.15) is 0 Å². The van der Waals surface area contributed by atoms with Crippen LogP contribution in [0.4, 0.5) is 0 Å². The molecule has 3 aromatic rings. The molecule has 0 N–H and O–H groups in total. The van der Waals surface area contributed by atoms with Crippen LogP contribution in [0, 0.1) is 0 Å². The molecule has 124 valence electrons. The second kappa shape index (κ2) is 6.75. The second-order valence-corrected chi connectivity index (χ2v) is 6.15. The molecule has 1 aromatic heterocycles. The van der Waals surface area contributed by atoms with Gasteiger partial charge in [-0.3, -0.25) is 9.36 Å². The first-order valence-corrected chi connectivity index (χ1v) is 8.68. The average molecular weight is 363 g/mol. The highest BCUT2D eigenvalue weighted by Gasteiger charge is 2.15. The first-order chi connectivity index (χ1) is 11.6. The van der Waals surface area contributed by atoms with E-state index < -0.39 is 0 Å². The molecule has 0 fully saturated rings. The predicted octanol–water partition coefficient (Wildman–Crippen LogP) is 3.78. The van der Waals surface area contributed by atoms with E-state index in [0.29, 0.717) is 38.3 Å². The summed E-state index contributed by atoms with van der Waals surface area (Å²) in [4.78, 5) is 17.6. The first kappa shape index (κ1) is 16.7. The van der Waals surface area contributed by atoms with Gasteiger partial charge in [-0.2, -0.15) is 0 Å². The molecule has 0 atom stereocenters. The molecule has 0 amide bonds. The lowest BCUT2D eigenvalue weighted by atomic mass is 10.2. The van der Waals surface area contributed by atoms with Crippen LogP contribution in [0.25, 0.3) is 16.6 Å². The predicted molar refractivity (Wildman–Crippen MR) is 97.2 cm³/mol. The van der Waals surface area contributed by atoms with Gasteiger partial charge in [-0.25, -0.2) is 4.98 Å². The molecule has 24 heavy (non-hydrogen) atoms. The maximum atomic E-state index is 13.0. The molecule has 0 aliphatic carbocycles. The van der Waals surface area contributed by atoms with Crippen molar-refractivity contribution in [1.82, 2.24) is 9.55 Å². The van der Waals surface area contributed by atoms with Crippen LogP contribution in [0.2, 0.25) is 5.02 Å². The SMILES string of the molecule is COc1cc2nc(SC)n(-c3ccc(Cl)cc3)c(=O)c2cc1OC. The molecule has 3 rings (SSSR count). The van der Waals surface area contributed by atoms with Gasteiger partial charge in [0.25, 0.3) is 5.56 Å². The third-order valence-electron chi connectivity index (χ3n) is 3.61. The summed E-state index contributed by atoms with van der Waals surface area (Å²) in [6.45, 7) is 0. The summed E-state index contributed by atoms with van der Waals surface area (Å²) in [5.74, 6) is 1.02. The Labute approximate surface area is 148 Å². The van der Waals surface area contributed by atoms with Crippen molar-refractivity contribution in [3.05, 3.63) is 51.8 Å². The van der Waals surface area contributed by atoms with E-state index in [-0.39, 0.29) is 5.56 Å². The van der Waals surface area contributed by atoms with Gasteiger partial charge in [0.15, 0.2) is 16.7 Å². The van der Waals surface area contributed by atoms with Crippen LogP contribution in [-0.2, 0) is 0 Å². The first-order valence-electron chi connectivity index (χ1n) is 7.07. The zero-order valence-corrected chi connectivity index (χ0v) is 14.9. The summed E-state index contributed by atoms with van der Waals surface area (Å²) >= 11 is 7.34. The minimum Gasteiger partial charge on any atom is -0.493 e. The number of fused-ring (bicyclic) bond motifs is 1. The molecule has 0 saturated heterocycles. The van der Waals surface area contributed by atoms with Gasteiger partial charge in [-0.05, 0) is 36.6 Å². The largest absolute Gasteiger partial charge is 0.493 e. The molecule has 7 heteroatoms. The minimum absolute atomic E-state index is 0.173. The molecule has 1 heterocycles. The standard InChI is InChI=1S/C17H15ClN2O3S/c1-22-14-8-12-13(9-15(14)23-2)19-17(24-3)20(16(12)21)11-6-4-10(18)5-7-11/h4-9H,1-3H3. The smallest absolute Gasteiger partial charge is 0.266 e. The van der Waals surface area contributed by atoms with E-state index in [2.05, 4.69) is 4.98 Å². The Morgan fingerprint density at radius 3 is 2.29 bits per heavy atom. The van der Waals surface area contributed by atoms with E-state index in [1.54, 1.807) is 48.1 Å². The van der Waals surface area contributed by atoms with Gasteiger partial charge in [0.05, 0.1) is 30.8 Å². The van der Waals surface area contributed by atoms with E-state index >= 15 is 0 Å². The van der Waals surface area contributed by atoms with Gasteiger partial charge >= 0.3 is 0 Å². The fourth-order valence-corrected chi connectivity index (χ4v) is 3.13. The molecule has 0 aliphatic heterocycles. The molecule has 0 unspecified atom stereocenters. The van der Waals surface area contributed by atoms with Crippen molar-refractivity contribution >= 4 is 34.3 Å². The quantitative estimate of drug-likeness (QED) is 0.522. The normalized spacial score (nSPS) is 10.8. The summed E-state index contributed by atoms with van der Waals surface area (Å²) in [6, 6.07) is 10.4. The van der Waals surface area contributed by atoms with Crippen molar-refractivity contribution < 1.29 is 9.47 Å². The highest BCUT2D eigenvalue weighted by molar-refractivity contribution is 7.98. The fraction of sp³-hybridized carbons (Fsp3) is 0.176. The Morgan fingerprint density at radius 2 is 1.71 bits per heavy atom. The van der Waals surface area contributed by atoms with Crippen molar-refractivity contribution in [3.63, 3.8) is 0 Å². The van der Waals surface area contributed by atoms with E-state index in [4.69, 9.17) is 21.1 Å². The molecule has 0 spiro atoms. The number of thioether (sulfide) groups is 1. The monoisotopic (exact) mass is 362 g/mol. The van der Waals surface area contributed by atoms with Crippen LogP contribution in [0.5, 0.6) is 11.5 Å². The maximum Gasteiger partial charge on any atom is 0.266 e. The zero-order valence-electron chi connectivity index (χ0n) is 13.4. The van der Waals surface area contributed by atoms with Gasteiger partial charge < -0.3 is 9.47 Å². The number of nitrogens with zero attached hydrogens (tertiary/aromatic N) is 2. The number of hydrogen-bond acceptors (Lipinski definition) is 5. The minimum atomic E-state index is -0.173. The maximum absolute atomic E-state index is 13.0. The topological polar surface area (TPSA) is 53.4 Å². The molecule has 0 bridgehead atoms. The second-order valence-electron chi connectivity index (χ2n) is 4.94. The van der Waals surface area contributed by atoms with Crippen LogP contribution in [0.1, 0.15) is 0 Å². The van der Waals surface area contributed by atoms with Crippen molar-refractivity contribution in [1.29, 1.82) is 0 Å². The lowest BCUT2D eigenvalue weighted by molar-refractivity contribution is 0.355. The van der Waals surface area contributed by atoms with E-state index in [1.807, 2.05) is 6.26 Å². The zero-order chi connectivity index (χ0) is 17.3. The lowest BCUT2D eigenvalue weighted by Gasteiger charge is -2.14. The van der Waals surface area contributed by atoms with E-state index in [9.17, 15) is 4.79 Å². The molecular formula is C17H15ClN2O3S. The summed E-state index contributed by atoms with van der Waals surface area (Å²) in [7, 11) is 3.08. The number of methoxy groups -OCH3 is 2. The van der Waals surface area contributed by atoms with E-state index in [0.717, 1.165) is 0 Å².